The lowest BCUT2D eigenvalue weighted by atomic mass is 9.98. The molecule has 4 heteroatoms. The molecule has 2 heterocycles. The Morgan fingerprint density at radius 1 is 0.451 bits per heavy atom. The average molecular weight is 656 g/mol. The van der Waals surface area contributed by atoms with Gasteiger partial charge in [-0.25, -0.2) is 4.99 Å². The Hall–Kier alpha value is -6.49. The number of nitrogens with zero attached hydrogens (tertiary/aromatic N) is 1. The van der Waals surface area contributed by atoms with Crippen molar-refractivity contribution in [2.24, 2.45) is 4.99 Å². The molecule has 0 fully saturated rings. The van der Waals surface area contributed by atoms with Gasteiger partial charge < -0.3 is 9.73 Å². The van der Waals surface area contributed by atoms with Crippen LogP contribution in [-0.2, 0) is 0 Å². The number of amidine groups is 1. The third kappa shape index (κ3) is 5.34. The maximum absolute atomic E-state index is 6.51. The fraction of sp³-hybridized carbons (Fsp3) is 0.0426. The summed E-state index contributed by atoms with van der Waals surface area (Å²) in [7, 11) is 0. The first-order chi connectivity index (χ1) is 25.2. The van der Waals surface area contributed by atoms with E-state index in [0.717, 1.165) is 50.0 Å². The van der Waals surface area contributed by atoms with Crippen molar-refractivity contribution in [2.75, 3.05) is 0 Å². The number of fused-ring (bicyclic) bond motifs is 5. The Balaban J connectivity index is 1.06. The van der Waals surface area contributed by atoms with Crippen LogP contribution in [0.5, 0.6) is 0 Å². The molecule has 9 aromatic rings. The van der Waals surface area contributed by atoms with Gasteiger partial charge in [0.15, 0.2) is 0 Å². The van der Waals surface area contributed by atoms with Gasteiger partial charge in [0.05, 0.1) is 0 Å². The lowest BCUT2D eigenvalue weighted by molar-refractivity contribution is 0.411. The molecule has 1 aromatic heterocycles. The predicted molar refractivity (Wildman–Crippen MR) is 211 cm³/mol. The van der Waals surface area contributed by atoms with Crippen LogP contribution in [0.4, 0.5) is 0 Å². The first-order valence-corrected chi connectivity index (χ1v) is 17.4. The van der Waals surface area contributed by atoms with Gasteiger partial charge in [-0.15, -0.1) is 0 Å². The Morgan fingerprint density at radius 2 is 1.06 bits per heavy atom. The van der Waals surface area contributed by atoms with Gasteiger partial charge in [0.1, 0.15) is 29.3 Å². The van der Waals surface area contributed by atoms with Gasteiger partial charge in [0.2, 0.25) is 0 Å². The smallest absolute Gasteiger partial charge is 0.136 e. The summed E-state index contributed by atoms with van der Waals surface area (Å²) in [5, 5.41) is 14.7. The van der Waals surface area contributed by atoms with Gasteiger partial charge in [0.25, 0.3) is 0 Å². The highest BCUT2D eigenvalue weighted by Crippen LogP contribution is 2.38. The average Bonchev–Trinajstić information content (AvgIpc) is 3.59. The van der Waals surface area contributed by atoms with Crippen LogP contribution < -0.4 is 10.6 Å². The number of rotatable bonds is 5. The van der Waals surface area contributed by atoms with E-state index in [1.165, 1.54) is 38.2 Å². The monoisotopic (exact) mass is 655 g/mol. The summed E-state index contributed by atoms with van der Waals surface area (Å²) in [6.45, 7) is 0. The first kappa shape index (κ1) is 29.4. The predicted octanol–water partition coefficient (Wildman–Crippen LogP) is 11.6. The standard InChI is InChI=1S/C47H33N3O/c1-2-9-30(10-3-1)38-25-26-40-43(29-38)51-42-16-8-15-41(44(40)42)47-49-45(48-46(50-47)39-24-20-32-12-5-7-14-36(32)28-39)34-21-17-33(18-22-34)37-23-19-31-11-4-6-13-35(31)27-37/h1-29,45,47,49H,(H,48,50). The number of hydrogen-bond acceptors (Lipinski definition) is 4. The van der Waals surface area contributed by atoms with Crippen molar-refractivity contribution in [1.82, 2.24) is 10.6 Å². The Labute approximate surface area is 295 Å². The summed E-state index contributed by atoms with van der Waals surface area (Å²) in [5.74, 6) is 0.851. The van der Waals surface area contributed by atoms with Crippen LogP contribution >= 0.6 is 0 Å². The highest BCUT2D eigenvalue weighted by atomic mass is 16.3. The number of furan rings is 1. The second kappa shape index (κ2) is 12.1. The van der Waals surface area contributed by atoms with Gasteiger partial charge in [-0.1, -0.05) is 146 Å². The first-order valence-electron chi connectivity index (χ1n) is 17.4. The van der Waals surface area contributed by atoms with E-state index in [2.05, 4.69) is 180 Å². The molecule has 1 aliphatic heterocycles. The van der Waals surface area contributed by atoms with Crippen LogP contribution in [0.3, 0.4) is 0 Å². The zero-order valence-corrected chi connectivity index (χ0v) is 27.8. The van der Waals surface area contributed by atoms with Gasteiger partial charge in [-0.3, -0.25) is 5.32 Å². The minimum Gasteiger partial charge on any atom is -0.456 e. The SMILES string of the molecule is c1ccc(-c2ccc3c(c2)oc2cccc(C4NC(c5ccc6ccccc6c5)=NC(c5ccc(-c6ccc7ccccc7c6)cc5)N4)c23)cc1. The molecule has 0 amide bonds. The van der Waals surface area contributed by atoms with Gasteiger partial charge >= 0.3 is 0 Å². The quantitative estimate of drug-likeness (QED) is 0.194. The van der Waals surface area contributed by atoms with Crippen molar-refractivity contribution in [2.45, 2.75) is 12.3 Å². The van der Waals surface area contributed by atoms with E-state index in [-0.39, 0.29) is 12.3 Å². The van der Waals surface area contributed by atoms with Gasteiger partial charge in [-0.2, -0.15) is 0 Å². The van der Waals surface area contributed by atoms with Crippen LogP contribution in [0.2, 0.25) is 0 Å². The summed E-state index contributed by atoms with van der Waals surface area (Å²) in [6, 6.07) is 62.3. The number of nitrogens with one attached hydrogen (secondary N) is 2. The van der Waals surface area contributed by atoms with Crippen LogP contribution in [0.25, 0.3) is 65.7 Å². The lowest BCUT2D eigenvalue weighted by Gasteiger charge is -2.32. The molecule has 2 atom stereocenters. The Kier molecular flexibility index (Phi) is 7.00. The second-order valence-corrected chi connectivity index (χ2v) is 13.3. The number of hydrogen-bond donors (Lipinski definition) is 2. The van der Waals surface area contributed by atoms with E-state index >= 15 is 0 Å². The fourth-order valence-corrected chi connectivity index (χ4v) is 7.50. The van der Waals surface area contributed by atoms with Crippen molar-refractivity contribution < 1.29 is 4.42 Å². The molecular formula is C47H33N3O. The van der Waals surface area contributed by atoms with E-state index in [1.807, 2.05) is 6.07 Å². The molecule has 1 aliphatic rings. The van der Waals surface area contributed by atoms with Gasteiger partial charge in [-0.05, 0) is 79.7 Å². The number of aliphatic imine (C=N–C) groups is 1. The molecule has 0 radical (unpaired) electrons. The molecule has 0 spiro atoms. The van der Waals surface area contributed by atoms with Crippen molar-refractivity contribution in [3.63, 3.8) is 0 Å². The van der Waals surface area contributed by atoms with Crippen LogP contribution in [0.1, 0.15) is 29.0 Å². The van der Waals surface area contributed by atoms with Crippen LogP contribution in [0, 0.1) is 0 Å². The third-order valence-electron chi connectivity index (χ3n) is 10.1. The molecule has 8 aromatic carbocycles. The Bertz CT molecular complexity index is 2760. The van der Waals surface area contributed by atoms with Crippen molar-refractivity contribution in [1.29, 1.82) is 0 Å². The van der Waals surface area contributed by atoms with Crippen molar-refractivity contribution >= 4 is 49.3 Å². The summed E-state index contributed by atoms with van der Waals surface area (Å²) in [5.41, 5.74) is 9.68. The lowest BCUT2D eigenvalue weighted by Crippen LogP contribution is -2.45. The highest BCUT2D eigenvalue weighted by molar-refractivity contribution is 6.08. The molecule has 242 valence electrons. The van der Waals surface area contributed by atoms with Gasteiger partial charge in [0, 0.05) is 21.9 Å². The van der Waals surface area contributed by atoms with E-state index in [1.54, 1.807) is 0 Å². The van der Waals surface area contributed by atoms with E-state index < -0.39 is 0 Å². The van der Waals surface area contributed by atoms with E-state index in [4.69, 9.17) is 9.41 Å². The molecule has 2 unspecified atom stereocenters. The highest BCUT2D eigenvalue weighted by Gasteiger charge is 2.28. The summed E-state index contributed by atoms with van der Waals surface area (Å²) in [6.07, 6.45) is -0.506. The normalized spacial score (nSPS) is 16.0. The zero-order chi connectivity index (χ0) is 33.7. The summed E-state index contributed by atoms with van der Waals surface area (Å²) >= 11 is 0. The van der Waals surface area contributed by atoms with E-state index in [0.29, 0.717) is 0 Å². The summed E-state index contributed by atoms with van der Waals surface area (Å²) < 4.78 is 6.51. The molecule has 0 saturated heterocycles. The molecule has 51 heavy (non-hydrogen) atoms. The van der Waals surface area contributed by atoms with Crippen molar-refractivity contribution in [3.8, 4) is 22.3 Å². The molecule has 10 rings (SSSR count). The largest absolute Gasteiger partial charge is 0.456 e. The Morgan fingerprint density at radius 3 is 1.82 bits per heavy atom. The maximum Gasteiger partial charge on any atom is 0.136 e. The minimum absolute atomic E-state index is 0.229. The molecule has 4 nitrogen and oxygen atoms in total. The molecule has 0 aliphatic carbocycles. The molecular weight excluding hydrogens is 623 g/mol. The van der Waals surface area contributed by atoms with Crippen molar-refractivity contribution in [3.05, 3.63) is 193 Å². The fourth-order valence-electron chi connectivity index (χ4n) is 7.50. The molecule has 2 N–H and O–H groups in total. The molecule has 0 bridgehead atoms. The minimum atomic E-state index is -0.276. The topological polar surface area (TPSA) is 49.6 Å². The maximum atomic E-state index is 6.51. The second-order valence-electron chi connectivity index (χ2n) is 13.3. The zero-order valence-electron chi connectivity index (χ0n) is 27.8. The van der Waals surface area contributed by atoms with Crippen LogP contribution in [0.15, 0.2) is 185 Å². The van der Waals surface area contributed by atoms with E-state index in [9.17, 15) is 0 Å². The molecule has 0 saturated carbocycles. The third-order valence-corrected chi connectivity index (χ3v) is 10.1. The number of benzene rings is 8. The van der Waals surface area contributed by atoms with Crippen LogP contribution in [-0.4, -0.2) is 5.84 Å². The summed E-state index contributed by atoms with van der Waals surface area (Å²) in [4.78, 5) is 5.29.